The van der Waals surface area contributed by atoms with Crippen LogP contribution >= 0.6 is 15.9 Å². The Kier molecular flexibility index (Phi) is 6.34. The standard InChI is InChI=1S/C17H29BrN2O3/c1-17(2,3)23-16(22)20-10-8-19(9-11-20)15(21)14-6-4-13(12-18)5-7-14/h13-14H,4-12H2,1-3H3/t13-,14-. The molecule has 0 aromatic carbocycles. The zero-order chi connectivity index (χ0) is 17.0. The highest BCUT2D eigenvalue weighted by Gasteiger charge is 2.32. The Hall–Kier alpha value is -0.780. The van der Waals surface area contributed by atoms with Crippen LogP contribution in [0.25, 0.3) is 0 Å². The summed E-state index contributed by atoms with van der Waals surface area (Å²) in [6, 6.07) is 0. The van der Waals surface area contributed by atoms with Gasteiger partial charge in [0.2, 0.25) is 5.91 Å². The molecule has 132 valence electrons. The van der Waals surface area contributed by atoms with Crippen LogP contribution < -0.4 is 0 Å². The normalized spacial score (nSPS) is 26.1. The Morgan fingerprint density at radius 3 is 2.00 bits per heavy atom. The van der Waals surface area contributed by atoms with Gasteiger partial charge in [-0.15, -0.1) is 0 Å². The summed E-state index contributed by atoms with van der Waals surface area (Å²) in [5.41, 5.74) is -0.474. The van der Waals surface area contributed by atoms with Gasteiger partial charge >= 0.3 is 6.09 Å². The van der Waals surface area contributed by atoms with E-state index in [4.69, 9.17) is 4.74 Å². The van der Waals surface area contributed by atoms with Crippen molar-refractivity contribution >= 4 is 27.9 Å². The van der Waals surface area contributed by atoms with E-state index in [1.165, 1.54) is 0 Å². The van der Waals surface area contributed by atoms with Crippen molar-refractivity contribution in [3.8, 4) is 0 Å². The molecule has 2 amide bonds. The second-order valence-corrected chi connectivity index (χ2v) is 8.31. The van der Waals surface area contributed by atoms with Gasteiger partial charge in [0.1, 0.15) is 5.60 Å². The largest absolute Gasteiger partial charge is 0.444 e. The maximum atomic E-state index is 12.6. The summed E-state index contributed by atoms with van der Waals surface area (Å²) in [7, 11) is 0. The van der Waals surface area contributed by atoms with Crippen molar-refractivity contribution in [2.24, 2.45) is 11.8 Å². The van der Waals surface area contributed by atoms with E-state index in [0.717, 1.165) is 36.9 Å². The molecule has 1 saturated heterocycles. The van der Waals surface area contributed by atoms with Gasteiger partial charge in [0.05, 0.1) is 0 Å². The summed E-state index contributed by atoms with van der Waals surface area (Å²) >= 11 is 3.54. The summed E-state index contributed by atoms with van der Waals surface area (Å²) in [6.07, 6.45) is 4.00. The maximum Gasteiger partial charge on any atom is 0.410 e. The smallest absolute Gasteiger partial charge is 0.410 e. The predicted octanol–water partition coefficient (Wildman–Crippen LogP) is 3.27. The van der Waals surface area contributed by atoms with Gasteiger partial charge in [-0.1, -0.05) is 15.9 Å². The molecule has 5 nitrogen and oxygen atoms in total. The minimum absolute atomic E-state index is 0.179. The zero-order valence-electron chi connectivity index (χ0n) is 14.5. The Bertz CT molecular complexity index is 420. The van der Waals surface area contributed by atoms with Crippen LogP contribution in [-0.2, 0) is 9.53 Å². The molecule has 0 unspecified atom stereocenters. The Labute approximate surface area is 147 Å². The van der Waals surface area contributed by atoms with Gasteiger partial charge in [-0.05, 0) is 52.4 Å². The Balaban J connectivity index is 1.78. The van der Waals surface area contributed by atoms with Gasteiger partial charge in [0, 0.05) is 37.4 Å². The van der Waals surface area contributed by atoms with E-state index >= 15 is 0 Å². The minimum atomic E-state index is -0.474. The molecule has 0 aromatic heterocycles. The minimum Gasteiger partial charge on any atom is -0.444 e. The lowest BCUT2D eigenvalue weighted by Crippen LogP contribution is -2.53. The number of amides is 2. The van der Waals surface area contributed by atoms with Crippen LogP contribution in [-0.4, -0.2) is 58.9 Å². The summed E-state index contributed by atoms with van der Waals surface area (Å²) in [4.78, 5) is 28.3. The van der Waals surface area contributed by atoms with Crippen LogP contribution in [0.5, 0.6) is 0 Å². The molecule has 1 aliphatic carbocycles. The van der Waals surface area contributed by atoms with Gasteiger partial charge in [-0.3, -0.25) is 4.79 Å². The summed E-state index contributed by atoms with van der Waals surface area (Å²) in [5.74, 6) is 1.18. The molecule has 1 aliphatic heterocycles. The first-order valence-corrected chi connectivity index (χ1v) is 9.75. The number of halogens is 1. The number of carbonyl (C=O) groups is 2. The highest BCUT2D eigenvalue weighted by molar-refractivity contribution is 9.09. The highest BCUT2D eigenvalue weighted by atomic mass is 79.9. The van der Waals surface area contributed by atoms with Gasteiger partial charge in [0.15, 0.2) is 0 Å². The number of hydrogen-bond acceptors (Lipinski definition) is 3. The van der Waals surface area contributed by atoms with E-state index in [-0.39, 0.29) is 17.9 Å². The van der Waals surface area contributed by atoms with Gasteiger partial charge < -0.3 is 14.5 Å². The quantitative estimate of drug-likeness (QED) is 0.682. The van der Waals surface area contributed by atoms with Crippen molar-refractivity contribution in [2.45, 2.75) is 52.1 Å². The summed E-state index contributed by atoms with van der Waals surface area (Å²) in [5, 5.41) is 1.04. The second-order valence-electron chi connectivity index (χ2n) is 7.66. The topological polar surface area (TPSA) is 49.9 Å². The second kappa shape index (κ2) is 7.86. The fraction of sp³-hybridized carbons (Fsp3) is 0.882. The van der Waals surface area contributed by atoms with Crippen LogP contribution in [0.4, 0.5) is 4.79 Å². The van der Waals surface area contributed by atoms with Gasteiger partial charge in [-0.25, -0.2) is 4.79 Å². The summed E-state index contributed by atoms with van der Waals surface area (Å²) < 4.78 is 5.39. The van der Waals surface area contributed by atoms with Crippen molar-refractivity contribution in [3.05, 3.63) is 0 Å². The molecule has 1 saturated carbocycles. The lowest BCUT2D eigenvalue weighted by atomic mass is 9.82. The van der Waals surface area contributed by atoms with E-state index in [0.29, 0.717) is 26.2 Å². The fourth-order valence-corrected chi connectivity index (χ4v) is 3.91. The van der Waals surface area contributed by atoms with Crippen LogP contribution in [0.2, 0.25) is 0 Å². The van der Waals surface area contributed by atoms with E-state index in [1.54, 1.807) is 4.90 Å². The third-order valence-corrected chi connectivity index (χ3v) is 5.57. The first kappa shape index (κ1) is 18.6. The number of piperazine rings is 1. The molecule has 0 bridgehead atoms. The number of hydrogen-bond donors (Lipinski definition) is 0. The van der Waals surface area contributed by atoms with Crippen LogP contribution in [0.1, 0.15) is 46.5 Å². The number of alkyl halides is 1. The van der Waals surface area contributed by atoms with E-state index < -0.39 is 5.60 Å². The average Bonchev–Trinajstić information content (AvgIpc) is 2.53. The molecule has 0 aromatic rings. The number of nitrogens with zero attached hydrogens (tertiary/aromatic N) is 2. The SMILES string of the molecule is CC(C)(C)OC(=O)N1CCN(C(=O)[C@H]2CC[C@H](CBr)CC2)CC1. The van der Waals surface area contributed by atoms with Crippen molar-refractivity contribution in [2.75, 3.05) is 31.5 Å². The molecule has 0 atom stereocenters. The molecule has 2 rings (SSSR count). The van der Waals surface area contributed by atoms with Gasteiger partial charge in [-0.2, -0.15) is 0 Å². The zero-order valence-corrected chi connectivity index (χ0v) is 16.1. The molecule has 0 N–H and O–H groups in total. The first-order chi connectivity index (χ1) is 10.8. The fourth-order valence-electron chi connectivity index (χ4n) is 3.26. The number of rotatable bonds is 2. The van der Waals surface area contributed by atoms with E-state index in [9.17, 15) is 9.59 Å². The monoisotopic (exact) mass is 388 g/mol. The van der Waals surface area contributed by atoms with Crippen LogP contribution in [0.3, 0.4) is 0 Å². The summed E-state index contributed by atoms with van der Waals surface area (Å²) in [6.45, 7) is 7.98. The van der Waals surface area contributed by atoms with Crippen molar-refractivity contribution < 1.29 is 14.3 Å². The molecule has 1 heterocycles. The van der Waals surface area contributed by atoms with E-state index in [2.05, 4.69) is 15.9 Å². The third-order valence-electron chi connectivity index (χ3n) is 4.66. The van der Waals surface area contributed by atoms with Crippen molar-refractivity contribution in [3.63, 3.8) is 0 Å². The molecule has 23 heavy (non-hydrogen) atoms. The molecule has 2 aliphatic rings. The van der Waals surface area contributed by atoms with E-state index in [1.807, 2.05) is 25.7 Å². The predicted molar refractivity (Wildman–Crippen MR) is 93.6 cm³/mol. The van der Waals surface area contributed by atoms with Crippen LogP contribution in [0, 0.1) is 11.8 Å². The Morgan fingerprint density at radius 1 is 1.00 bits per heavy atom. The molecule has 0 spiro atoms. The van der Waals surface area contributed by atoms with Crippen LogP contribution in [0.15, 0.2) is 0 Å². The van der Waals surface area contributed by atoms with Crippen molar-refractivity contribution in [1.29, 1.82) is 0 Å². The average molecular weight is 389 g/mol. The molecule has 6 heteroatoms. The van der Waals surface area contributed by atoms with Gasteiger partial charge in [0.25, 0.3) is 0 Å². The lowest BCUT2D eigenvalue weighted by molar-refractivity contribution is -0.138. The first-order valence-electron chi connectivity index (χ1n) is 8.63. The molecule has 2 fully saturated rings. The molecular formula is C17H29BrN2O3. The highest BCUT2D eigenvalue weighted by Crippen LogP contribution is 2.31. The molecule has 0 radical (unpaired) electrons. The molecular weight excluding hydrogens is 360 g/mol. The van der Waals surface area contributed by atoms with Crippen molar-refractivity contribution in [1.82, 2.24) is 9.80 Å². The Morgan fingerprint density at radius 2 is 1.52 bits per heavy atom. The lowest BCUT2D eigenvalue weighted by Gasteiger charge is -2.38. The maximum absolute atomic E-state index is 12.6. The third kappa shape index (κ3) is 5.37. The number of carbonyl (C=O) groups excluding carboxylic acids is 2. The number of ether oxygens (including phenoxy) is 1.